The smallest absolute Gasteiger partial charge is 0.140 e. The van der Waals surface area contributed by atoms with Crippen LogP contribution in [0.5, 0.6) is 0 Å². The molecule has 0 aliphatic carbocycles. The second kappa shape index (κ2) is 2.64. The van der Waals surface area contributed by atoms with Crippen molar-refractivity contribution < 1.29 is 4.39 Å². The summed E-state index contributed by atoms with van der Waals surface area (Å²) in [5.74, 6) is -0.356. The zero-order chi connectivity index (χ0) is 8.72. The third-order valence-electron chi connectivity index (χ3n) is 1.70. The van der Waals surface area contributed by atoms with Crippen molar-refractivity contribution in [2.75, 3.05) is 5.73 Å². The maximum atomic E-state index is 13.0. The van der Waals surface area contributed by atoms with Crippen LogP contribution in [0.2, 0.25) is 0 Å². The van der Waals surface area contributed by atoms with E-state index < -0.39 is 0 Å². The number of nitrogens with two attached hydrogens (primary N) is 1. The normalized spacial score (nSPS) is 10.8. The van der Waals surface area contributed by atoms with E-state index in [1.807, 2.05) is 11.4 Å². The molecule has 1 heterocycles. The minimum absolute atomic E-state index is 0.356. The SMILES string of the molecule is Nc1cc(F)c(S)c2sccc12. The molecule has 0 unspecified atom stereocenters. The lowest BCUT2D eigenvalue weighted by Gasteiger charge is -2.00. The Labute approximate surface area is 78.4 Å². The van der Waals surface area contributed by atoms with E-state index in [0.717, 1.165) is 10.1 Å². The van der Waals surface area contributed by atoms with E-state index in [0.29, 0.717) is 10.6 Å². The van der Waals surface area contributed by atoms with Gasteiger partial charge in [0.2, 0.25) is 0 Å². The Morgan fingerprint density at radius 1 is 1.50 bits per heavy atom. The van der Waals surface area contributed by atoms with Gasteiger partial charge in [-0.3, -0.25) is 0 Å². The number of thiol groups is 1. The molecule has 0 aliphatic rings. The van der Waals surface area contributed by atoms with Crippen LogP contribution in [0, 0.1) is 5.82 Å². The fourth-order valence-electron chi connectivity index (χ4n) is 1.11. The van der Waals surface area contributed by atoms with Crippen LogP contribution in [-0.4, -0.2) is 0 Å². The molecule has 12 heavy (non-hydrogen) atoms. The highest BCUT2D eigenvalue weighted by Gasteiger charge is 2.07. The van der Waals surface area contributed by atoms with Gasteiger partial charge in [-0.05, 0) is 17.5 Å². The molecule has 0 saturated carbocycles. The van der Waals surface area contributed by atoms with Crippen molar-refractivity contribution in [3.63, 3.8) is 0 Å². The molecule has 0 bridgehead atoms. The summed E-state index contributed by atoms with van der Waals surface area (Å²) in [7, 11) is 0. The highest BCUT2D eigenvalue weighted by atomic mass is 32.1. The molecule has 62 valence electrons. The number of rotatable bonds is 0. The van der Waals surface area contributed by atoms with Crippen molar-refractivity contribution in [3.05, 3.63) is 23.3 Å². The molecule has 2 aromatic rings. The predicted molar refractivity (Wildman–Crippen MR) is 53.4 cm³/mol. The summed E-state index contributed by atoms with van der Waals surface area (Å²) < 4.78 is 13.9. The first-order valence-corrected chi connectivity index (χ1v) is 4.67. The highest BCUT2D eigenvalue weighted by Crippen LogP contribution is 2.33. The molecule has 0 spiro atoms. The van der Waals surface area contributed by atoms with E-state index in [1.165, 1.54) is 17.4 Å². The maximum Gasteiger partial charge on any atom is 0.140 e. The molecule has 1 nitrogen and oxygen atoms in total. The van der Waals surface area contributed by atoms with Crippen molar-refractivity contribution >= 4 is 39.7 Å². The quantitative estimate of drug-likeness (QED) is 0.495. The third-order valence-corrected chi connectivity index (χ3v) is 3.22. The largest absolute Gasteiger partial charge is 0.398 e. The van der Waals surface area contributed by atoms with Gasteiger partial charge in [0.05, 0.1) is 9.60 Å². The van der Waals surface area contributed by atoms with E-state index >= 15 is 0 Å². The zero-order valence-corrected chi connectivity index (χ0v) is 7.75. The Bertz CT molecular complexity index is 436. The Morgan fingerprint density at radius 3 is 3.00 bits per heavy atom. The van der Waals surface area contributed by atoms with Crippen molar-refractivity contribution in [3.8, 4) is 0 Å². The van der Waals surface area contributed by atoms with Gasteiger partial charge in [-0.25, -0.2) is 4.39 Å². The number of hydrogen-bond donors (Lipinski definition) is 2. The highest BCUT2D eigenvalue weighted by molar-refractivity contribution is 7.80. The van der Waals surface area contributed by atoms with Crippen LogP contribution < -0.4 is 5.73 Å². The van der Waals surface area contributed by atoms with Gasteiger partial charge >= 0.3 is 0 Å². The molecule has 1 aromatic heterocycles. The molecular weight excluding hydrogens is 193 g/mol. The number of benzene rings is 1. The minimum atomic E-state index is -0.356. The summed E-state index contributed by atoms with van der Waals surface area (Å²) >= 11 is 5.50. The lowest BCUT2D eigenvalue weighted by Crippen LogP contribution is -1.88. The summed E-state index contributed by atoms with van der Waals surface area (Å²) in [6.07, 6.45) is 0. The number of nitrogen functional groups attached to an aromatic ring is 1. The Morgan fingerprint density at radius 2 is 2.25 bits per heavy atom. The number of fused-ring (bicyclic) bond motifs is 1. The fourth-order valence-corrected chi connectivity index (χ4v) is 2.32. The van der Waals surface area contributed by atoms with Crippen LogP contribution >= 0.6 is 24.0 Å². The second-order valence-electron chi connectivity index (χ2n) is 2.46. The first-order chi connectivity index (χ1) is 5.70. The monoisotopic (exact) mass is 199 g/mol. The maximum absolute atomic E-state index is 13.0. The molecule has 0 amide bonds. The summed E-state index contributed by atoms with van der Waals surface area (Å²) in [4.78, 5) is 0.384. The van der Waals surface area contributed by atoms with Crippen molar-refractivity contribution in [1.29, 1.82) is 0 Å². The molecular formula is C8H6FNS2. The van der Waals surface area contributed by atoms with Crippen molar-refractivity contribution in [2.45, 2.75) is 4.90 Å². The van der Waals surface area contributed by atoms with E-state index in [1.54, 1.807) is 0 Å². The summed E-state index contributed by atoms with van der Waals surface area (Å²) in [5.41, 5.74) is 6.08. The van der Waals surface area contributed by atoms with Crippen molar-refractivity contribution in [1.82, 2.24) is 0 Å². The van der Waals surface area contributed by atoms with Crippen molar-refractivity contribution in [2.24, 2.45) is 0 Å². The van der Waals surface area contributed by atoms with E-state index in [4.69, 9.17) is 5.73 Å². The van der Waals surface area contributed by atoms with Gasteiger partial charge in [-0.15, -0.1) is 24.0 Å². The minimum Gasteiger partial charge on any atom is -0.398 e. The standard InChI is InChI=1S/C8H6FNS2/c9-5-3-6(10)4-1-2-12-8(4)7(5)11/h1-3,11H,10H2. The predicted octanol–water partition coefficient (Wildman–Crippen LogP) is 2.91. The van der Waals surface area contributed by atoms with Gasteiger partial charge in [0, 0.05) is 11.1 Å². The number of anilines is 1. The van der Waals surface area contributed by atoms with E-state index in [9.17, 15) is 4.39 Å². The number of hydrogen-bond acceptors (Lipinski definition) is 3. The lowest BCUT2D eigenvalue weighted by molar-refractivity contribution is 0.607. The average molecular weight is 199 g/mol. The second-order valence-corrected chi connectivity index (χ2v) is 3.82. The molecule has 0 fully saturated rings. The molecule has 0 atom stereocenters. The van der Waals surface area contributed by atoms with Gasteiger partial charge in [0.1, 0.15) is 5.82 Å². The fraction of sp³-hybridized carbons (Fsp3) is 0. The number of thiophene rings is 1. The molecule has 2 rings (SSSR count). The summed E-state index contributed by atoms with van der Waals surface area (Å²) in [6, 6.07) is 3.17. The van der Waals surface area contributed by atoms with Crippen LogP contribution in [0.25, 0.3) is 10.1 Å². The zero-order valence-electron chi connectivity index (χ0n) is 6.04. The average Bonchev–Trinajstić information content (AvgIpc) is 2.48. The molecule has 0 aliphatic heterocycles. The molecule has 1 aromatic carbocycles. The van der Waals surface area contributed by atoms with Gasteiger partial charge in [0.25, 0.3) is 0 Å². The van der Waals surface area contributed by atoms with Crippen LogP contribution in [0.1, 0.15) is 0 Å². The van der Waals surface area contributed by atoms with Crippen LogP contribution in [0.15, 0.2) is 22.4 Å². The van der Waals surface area contributed by atoms with E-state index in [2.05, 4.69) is 12.6 Å². The third kappa shape index (κ3) is 0.990. The van der Waals surface area contributed by atoms with Crippen LogP contribution in [0.4, 0.5) is 10.1 Å². The molecule has 0 radical (unpaired) electrons. The Kier molecular flexibility index (Phi) is 1.73. The van der Waals surface area contributed by atoms with Gasteiger partial charge in [0.15, 0.2) is 0 Å². The lowest BCUT2D eigenvalue weighted by atomic mass is 10.2. The molecule has 4 heteroatoms. The topological polar surface area (TPSA) is 26.0 Å². The Balaban J connectivity index is 2.97. The molecule has 2 N–H and O–H groups in total. The summed E-state index contributed by atoms with van der Waals surface area (Å²) in [6.45, 7) is 0. The van der Waals surface area contributed by atoms with Gasteiger partial charge in [-0.1, -0.05) is 0 Å². The van der Waals surface area contributed by atoms with E-state index in [-0.39, 0.29) is 5.82 Å². The van der Waals surface area contributed by atoms with Crippen LogP contribution in [0.3, 0.4) is 0 Å². The Hall–Kier alpha value is -0.740. The first-order valence-electron chi connectivity index (χ1n) is 3.34. The van der Waals surface area contributed by atoms with Gasteiger partial charge < -0.3 is 5.73 Å². The van der Waals surface area contributed by atoms with Gasteiger partial charge in [-0.2, -0.15) is 0 Å². The number of halogens is 1. The summed E-state index contributed by atoms with van der Waals surface area (Å²) in [5, 5.41) is 2.76. The first kappa shape index (κ1) is 7.89. The van der Waals surface area contributed by atoms with Crippen LogP contribution in [-0.2, 0) is 0 Å². The molecule has 0 saturated heterocycles.